The molecular weight excluding hydrogens is 399 g/mol. The highest BCUT2D eigenvalue weighted by molar-refractivity contribution is 7.80. The summed E-state index contributed by atoms with van der Waals surface area (Å²) in [7, 11) is 0. The molecule has 0 atom stereocenters. The number of alkyl halides is 3. The fraction of sp³-hybridized carbons (Fsp3) is 0.353. The van der Waals surface area contributed by atoms with Crippen LogP contribution in [-0.4, -0.2) is 34.2 Å². The highest BCUT2D eigenvalue weighted by atomic mass is 35.5. The maximum Gasteiger partial charge on any atom is 0.418 e. The Labute approximate surface area is 164 Å². The number of rotatable bonds is 3. The van der Waals surface area contributed by atoms with E-state index in [4.69, 9.17) is 23.8 Å². The highest BCUT2D eigenvalue weighted by Crippen LogP contribution is 2.38. The molecule has 1 saturated heterocycles. The number of hydrogen-bond donors (Lipinski definition) is 2. The molecular formula is C17H17ClF3N5S. The molecule has 0 bridgehead atoms. The van der Waals surface area contributed by atoms with Crippen molar-refractivity contribution in [3.05, 3.63) is 47.4 Å². The summed E-state index contributed by atoms with van der Waals surface area (Å²) in [5.74, 6) is 0.168. The van der Waals surface area contributed by atoms with E-state index in [0.717, 1.165) is 18.0 Å². The molecule has 10 heteroatoms. The van der Waals surface area contributed by atoms with Gasteiger partial charge in [0.1, 0.15) is 5.82 Å². The second kappa shape index (κ2) is 8.26. The topological polar surface area (TPSA) is 53.1 Å². The van der Waals surface area contributed by atoms with E-state index in [-0.39, 0.29) is 16.9 Å². The van der Waals surface area contributed by atoms with Gasteiger partial charge in [-0.1, -0.05) is 11.6 Å². The van der Waals surface area contributed by atoms with Crippen molar-refractivity contribution in [2.24, 2.45) is 0 Å². The molecule has 2 N–H and O–H groups in total. The maximum atomic E-state index is 13.0. The minimum absolute atomic E-state index is 0.113. The Balaban J connectivity index is 1.57. The van der Waals surface area contributed by atoms with E-state index < -0.39 is 11.7 Å². The van der Waals surface area contributed by atoms with E-state index in [2.05, 4.69) is 20.6 Å². The number of pyridine rings is 2. The quantitative estimate of drug-likeness (QED) is 0.736. The minimum Gasteiger partial charge on any atom is -0.360 e. The van der Waals surface area contributed by atoms with Crippen molar-refractivity contribution in [3.63, 3.8) is 0 Å². The van der Waals surface area contributed by atoms with Crippen LogP contribution >= 0.6 is 23.8 Å². The van der Waals surface area contributed by atoms with Gasteiger partial charge in [-0.3, -0.25) is 4.98 Å². The van der Waals surface area contributed by atoms with Gasteiger partial charge >= 0.3 is 6.18 Å². The van der Waals surface area contributed by atoms with Crippen LogP contribution in [0.5, 0.6) is 0 Å². The summed E-state index contributed by atoms with van der Waals surface area (Å²) in [5, 5.41) is 6.40. The van der Waals surface area contributed by atoms with E-state index in [0.29, 0.717) is 31.0 Å². The molecule has 144 valence electrons. The van der Waals surface area contributed by atoms with E-state index in [1.165, 1.54) is 0 Å². The van der Waals surface area contributed by atoms with Crippen LogP contribution in [0.3, 0.4) is 0 Å². The summed E-state index contributed by atoms with van der Waals surface area (Å²) in [6.45, 7) is 1.06. The zero-order chi connectivity index (χ0) is 19.4. The lowest BCUT2D eigenvalue weighted by Gasteiger charge is -2.34. The smallest absolute Gasteiger partial charge is 0.360 e. The summed E-state index contributed by atoms with van der Waals surface area (Å²) in [5.41, 5.74) is -0.0800. The Morgan fingerprint density at radius 2 is 1.96 bits per heavy atom. The third-order valence-electron chi connectivity index (χ3n) is 4.23. The first kappa shape index (κ1) is 19.6. The Hall–Kier alpha value is -2.13. The van der Waals surface area contributed by atoms with E-state index in [1.807, 2.05) is 6.07 Å². The van der Waals surface area contributed by atoms with Crippen LogP contribution < -0.4 is 15.5 Å². The first-order valence-corrected chi connectivity index (χ1v) is 9.07. The monoisotopic (exact) mass is 415 g/mol. The molecule has 0 unspecified atom stereocenters. The Bertz CT molecular complexity index is 795. The van der Waals surface area contributed by atoms with Crippen LogP contribution in [0.15, 0.2) is 36.8 Å². The molecule has 0 spiro atoms. The van der Waals surface area contributed by atoms with Crippen molar-refractivity contribution < 1.29 is 13.2 Å². The van der Waals surface area contributed by atoms with Gasteiger partial charge in [0.25, 0.3) is 0 Å². The maximum absolute atomic E-state index is 13.0. The van der Waals surface area contributed by atoms with Gasteiger partial charge in [-0.05, 0) is 43.3 Å². The molecule has 2 aromatic rings. The van der Waals surface area contributed by atoms with Gasteiger partial charge < -0.3 is 15.5 Å². The number of halogens is 4. The van der Waals surface area contributed by atoms with Crippen molar-refractivity contribution in [3.8, 4) is 0 Å². The molecule has 0 saturated carbocycles. The number of piperidine rings is 1. The first-order chi connectivity index (χ1) is 12.8. The molecule has 0 radical (unpaired) electrons. The van der Waals surface area contributed by atoms with Gasteiger partial charge in [0.2, 0.25) is 0 Å². The third kappa shape index (κ3) is 4.98. The van der Waals surface area contributed by atoms with E-state index >= 15 is 0 Å². The number of nitrogens with one attached hydrogen (secondary N) is 2. The van der Waals surface area contributed by atoms with Crippen LogP contribution in [0.25, 0.3) is 0 Å². The number of nitrogens with zero attached hydrogens (tertiary/aromatic N) is 3. The fourth-order valence-corrected chi connectivity index (χ4v) is 3.52. The molecule has 0 aliphatic carbocycles. The molecule has 3 heterocycles. The van der Waals surface area contributed by atoms with Crippen LogP contribution in [0, 0.1) is 0 Å². The van der Waals surface area contributed by atoms with Crippen LogP contribution in [-0.2, 0) is 6.18 Å². The molecule has 1 fully saturated rings. The van der Waals surface area contributed by atoms with Crippen LogP contribution in [0.1, 0.15) is 18.4 Å². The molecule has 5 nitrogen and oxygen atoms in total. The lowest BCUT2D eigenvalue weighted by molar-refractivity contribution is -0.137. The van der Waals surface area contributed by atoms with Crippen LogP contribution in [0.4, 0.5) is 24.7 Å². The van der Waals surface area contributed by atoms with Crippen molar-refractivity contribution in [1.29, 1.82) is 0 Å². The second-order valence-electron chi connectivity index (χ2n) is 6.10. The minimum atomic E-state index is -4.50. The van der Waals surface area contributed by atoms with Crippen molar-refractivity contribution in [2.45, 2.75) is 25.1 Å². The lowest BCUT2D eigenvalue weighted by Crippen LogP contribution is -2.46. The van der Waals surface area contributed by atoms with E-state index in [1.54, 1.807) is 23.4 Å². The number of hydrogen-bond acceptors (Lipinski definition) is 4. The summed E-state index contributed by atoms with van der Waals surface area (Å²) in [4.78, 5) is 9.82. The Morgan fingerprint density at radius 1 is 1.22 bits per heavy atom. The average Bonchev–Trinajstić information content (AvgIpc) is 2.62. The van der Waals surface area contributed by atoms with Crippen molar-refractivity contribution >= 4 is 40.4 Å². The van der Waals surface area contributed by atoms with Gasteiger partial charge in [-0.25, -0.2) is 4.98 Å². The SMILES string of the molecule is FC(F)(F)c1ccnc(N2CCC(NC(=S)Nc3cccnc3)CC2)c1Cl. The summed E-state index contributed by atoms with van der Waals surface area (Å²) < 4.78 is 39.0. The average molecular weight is 416 g/mol. The second-order valence-corrected chi connectivity index (χ2v) is 6.88. The third-order valence-corrected chi connectivity index (χ3v) is 4.82. The molecule has 0 aromatic carbocycles. The van der Waals surface area contributed by atoms with Gasteiger partial charge in [-0.15, -0.1) is 0 Å². The Morgan fingerprint density at radius 3 is 2.59 bits per heavy atom. The highest BCUT2D eigenvalue weighted by Gasteiger charge is 2.35. The summed E-state index contributed by atoms with van der Waals surface area (Å²) in [6.07, 6.45) is 1.37. The fourth-order valence-electron chi connectivity index (χ4n) is 2.90. The number of anilines is 2. The van der Waals surface area contributed by atoms with Crippen LogP contribution in [0.2, 0.25) is 5.02 Å². The van der Waals surface area contributed by atoms with Crippen molar-refractivity contribution in [2.75, 3.05) is 23.3 Å². The largest absolute Gasteiger partial charge is 0.418 e. The van der Waals surface area contributed by atoms with Gasteiger partial charge in [0.15, 0.2) is 5.11 Å². The van der Waals surface area contributed by atoms with E-state index in [9.17, 15) is 13.2 Å². The van der Waals surface area contributed by atoms with Gasteiger partial charge in [0.05, 0.1) is 22.5 Å². The molecule has 27 heavy (non-hydrogen) atoms. The zero-order valence-electron chi connectivity index (χ0n) is 14.1. The molecule has 3 rings (SSSR count). The van der Waals surface area contributed by atoms with Gasteiger partial charge in [0, 0.05) is 31.5 Å². The van der Waals surface area contributed by atoms with Gasteiger partial charge in [-0.2, -0.15) is 13.2 Å². The summed E-state index contributed by atoms with van der Waals surface area (Å²) >= 11 is 11.3. The molecule has 2 aromatic heterocycles. The molecule has 0 amide bonds. The normalized spacial score (nSPS) is 15.5. The predicted octanol–water partition coefficient (Wildman–Crippen LogP) is 4.10. The Kier molecular flexibility index (Phi) is 6.01. The number of aromatic nitrogens is 2. The number of thiocarbonyl (C=S) groups is 1. The zero-order valence-corrected chi connectivity index (χ0v) is 15.7. The van der Waals surface area contributed by atoms with Crippen molar-refractivity contribution in [1.82, 2.24) is 15.3 Å². The molecule has 1 aliphatic heterocycles. The summed E-state index contributed by atoms with van der Waals surface area (Å²) in [6, 6.07) is 4.66. The predicted molar refractivity (Wildman–Crippen MR) is 103 cm³/mol. The standard InChI is InChI=1S/C17H17ClF3N5S/c18-14-13(17(19,20)21)3-7-23-15(14)26-8-4-11(5-9-26)24-16(27)25-12-2-1-6-22-10-12/h1-3,6-7,10-11H,4-5,8-9H2,(H2,24,25,27). The molecule has 1 aliphatic rings. The lowest BCUT2D eigenvalue weighted by atomic mass is 10.1. The first-order valence-electron chi connectivity index (χ1n) is 8.29.